The van der Waals surface area contributed by atoms with Gasteiger partial charge in [-0.25, -0.2) is 4.98 Å². The Bertz CT molecular complexity index is 413. The highest BCUT2D eigenvalue weighted by Crippen LogP contribution is 2.37. The quantitative estimate of drug-likeness (QED) is 0.770. The monoisotopic (exact) mass is 299 g/mol. The zero-order valence-electron chi connectivity index (χ0n) is 12.9. The van der Waals surface area contributed by atoms with Crippen molar-refractivity contribution < 1.29 is 4.74 Å². The number of anilines is 1. The number of pyridine rings is 1. The minimum atomic E-state index is -0.310. The largest absolute Gasteiger partial charge is 0.383 e. The zero-order chi connectivity index (χ0) is 15.2. The molecule has 0 aliphatic rings. The Morgan fingerprint density at radius 1 is 1.40 bits per heavy atom. The summed E-state index contributed by atoms with van der Waals surface area (Å²) in [6.45, 7) is 7.28. The third kappa shape index (κ3) is 3.62. The molecule has 0 aliphatic carbocycles. The molecule has 0 aromatic carbocycles. The summed E-state index contributed by atoms with van der Waals surface area (Å²) in [5, 5.41) is 4.14. The second-order valence-corrected chi connectivity index (χ2v) is 5.43. The predicted molar refractivity (Wildman–Crippen MR) is 85.0 cm³/mol. The van der Waals surface area contributed by atoms with Crippen LogP contribution < -0.4 is 11.1 Å². The summed E-state index contributed by atoms with van der Waals surface area (Å²) in [4.78, 5) is 4.17. The summed E-state index contributed by atoms with van der Waals surface area (Å²) < 4.78 is 5.86. The Balaban J connectivity index is 3.26. The lowest BCUT2D eigenvalue weighted by molar-refractivity contribution is -0.0484. The molecule has 1 atom stereocenters. The van der Waals surface area contributed by atoms with Crippen molar-refractivity contribution in [3.8, 4) is 0 Å². The van der Waals surface area contributed by atoms with E-state index < -0.39 is 0 Å². The van der Waals surface area contributed by atoms with Gasteiger partial charge in [-0.1, -0.05) is 32.4 Å². The van der Waals surface area contributed by atoms with Crippen molar-refractivity contribution in [2.24, 2.45) is 0 Å². The third-order valence-electron chi connectivity index (χ3n) is 3.96. The number of nitrogens with one attached hydrogen (secondary N) is 1. The standard InChI is InChI=1S/C15H26ClN3O/c1-5-8-18-13(15(6-2,7-3)20-4)12-9-11(16)10-19-14(12)17/h9-10,13,18H,5-8H2,1-4H3,(H2,17,19). The second kappa shape index (κ2) is 7.81. The number of hydrogen-bond donors (Lipinski definition) is 2. The maximum atomic E-state index is 6.09. The van der Waals surface area contributed by atoms with Crippen molar-refractivity contribution in [1.82, 2.24) is 10.3 Å². The molecule has 0 saturated carbocycles. The first-order chi connectivity index (χ1) is 9.54. The van der Waals surface area contributed by atoms with Gasteiger partial charge in [-0.3, -0.25) is 0 Å². The van der Waals surface area contributed by atoms with Crippen LogP contribution in [0.1, 0.15) is 51.6 Å². The van der Waals surface area contributed by atoms with Crippen molar-refractivity contribution in [2.45, 2.75) is 51.7 Å². The van der Waals surface area contributed by atoms with Gasteiger partial charge in [0.25, 0.3) is 0 Å². The Kier molecular flexibility index (Phi) is 6.72. The molecule has 1 rings (SSSR count). The maximum absolute atomic E-state index is 6.09. The van der Waals surface area contributed by atoms with Crippen LogP contribution >= 0.6 is 11.6 Å². The van der Waals surface area contributed by atoms with Crippen LogP contribution in [0.4, 0.5) is 5.82 Å². The second-order valence-electron chi connectivity index (χ2n) is 4.99. The van der Waals surface area contributed by atoms with Gasteiger partial charge in [-0.15, -0.1) is 0 Å². The lowest BCUT2D eigenvalue weighted by atomic mass is 9.83. The van der Waals surface area contributed by atoms with Gasteiger partial charge < -0.3 is 15.8 Å². The number of nitrogen functional groups attached to an aromatic ring is 1. The molecule has 0 saturated heterocycles. The van der Waals surface area contributed by atoms with Crippen LogP contribution in [0.25, 0.3) is 0 Å². The van der Waals surface area contributed by atoms with Gasteiger partial charge in [0.15, 0.2) is 0 Å². The molecule has 1 unspecified atom stereocenters. The fourth-order valence-electron chi connectivity index (χ4n) is 2.63. The number of hydrogen-bond acceptors (Lipinski definition) is 4. The molecular formula is C15H26ClN3O. The summed E-state index contributed by atoms with van der Waals surface area (Å²) in [7, 11) is 1.75. The van der Waals surface area contributed by atoms with Gasteiger partial charge in [0.1, 0.15) is 5.82 Å². The van der Waals surface area contributed by atoms with E-state index in [0.717, 1.165) is 31.4 Å². The molecular weight excluding hydrogens is 274 g/mol. The van der Waals surface area contributed by atoms with E-state index in [9.17, 15) is 0 Å². The molecule has 1 heterocycles. The summed E-state index contributed by atoms with van der Waals surface area (Å²) in [5.74, 6) is 0.506. The van der Waals surface area contributed by atoms with Crippen molar-refractivity contribution in [2.75, 3.05) is 19.4 Å². The summed E-state index contributed by atoms with van der Waals surface area (Å²) in [5.41, 5.74) is 6.66. The molecule has 0 aliphatic heterocycles. The zero-order valence-corrected chi connectivity index (χ0v) is 13.6. The van der Waals surface area contributed by atoms with Gasteiger partial charge >= 0.3 is 0 Å². The number of rotatable bonds is 8. The maximum Gasteiger partial charge on any atom is 0.128 e. The van der Waals surface area contributed by atoms with Crippen LogP contribution in [0.15, 0.2) is 12.3 Å². The van der Waals surface area contributed by atoms with E-state index >= 15 is 0 Å². The average Bonchev–Trinajstić information content (AvgIpc) is 2.47. The predicted octanol–water partition coefficient (Wildman–Crippen LogP) is 3.56. The Morgan fingerprint density at radius 2 is 2.05 bits per heavy atom. The van der Waals surface area contributed by atoms with E-state index in [1.165, 1.54) is 0 Å². The van der Waals surface area contributed by atoms with Gasteiger partial charge in [-0.2, -0.15) is 0 Å². The number of aromatic nitrogens is 1. The van der Waals surface area contributed by atoms with Gasteiger partial charge in [0.05, 0.1) is 16.7 Å². The van der Waals surface area contributed by atoms with Crippen LogP contribution in [0.3, 0.4) is 0 Å². The van der Waals surface area contributed by atoms with Crippen LogP contribution in [-0.4, -0.2) is 24.2 Å². The number of halogens is 1. The van der Waals surface area contributed by atoms with Crippen molar-refractivity contribution >= 4 is 17.4 Å². The van der Waals surface area contributed by atoms with E-state index in [-0.39, 0.29) is 11.6 Å². The summed E-state index contributed by atoms with van der Waals surface area (Å²) in [6, 6.07) is 1.87. The minimum Gasteiger partial charge on any atom is -0.383 e. The Morgan fingerprint density at radius 3 is 2.55 bits per heavy atom. The first-order valence-electron chi connectivity index (χ1n) is 7.24. The minimum absolute atomic E-state index is 0.0198. The smallest absolute Gasteiger partial charge is 0.128 e. The fourth-order valence-corrected chi connectivity index (χ4v) is 2.80. The normalized spacial score (nSPS) is 13.4. The highest BCUT2D eigenvalue weighted by Gasteiger charge is 2.37. The summed E-state index contributed by atoms with van der Waals surface area (Å²) in [6.07, 6.45) is 4.38. The van der Waals surface area contributed by atoms with Crippen LogP contribution in [0, 0.1) is 0 Å². The fraction of sp³-hybridized carbons (Fsp3) is 0.667. The lowest BCUT2D eigenvalue weighted by Gasteiger charge is -2.39. The van der Waals surface area contributed by atoms with Crippen molar-refractivity contribution in [1.29, 1.82) is 0 Å². The SMILES string of the molecule is CCCNC(c1cc(Cl)cnc1N)C(CC)(CC)OC. The first-order valence-corrected chi connectivity index (χ1v) is 7.61. The molecule has 114 valence electrons. The van der Waals surface area contributed by atoms with E-state index in [1.54, 1.807) is 13.3 Å². The van der Waals surface area contributed by atoms with E-state index in [2.05, 4.69) is 31.1 Å². The molecule has 5 heteroatoms. The number of nitrogens with two attached hydrogens (primary N) is 1. The van der Waals surface area contributed by atoms with E-state index in [4.69, 9.17) is 22.1 Å². The highest BCUT2D eigenvalue weighted by atomic mass is 35.5. The first kappa shape index (κ1) is 17.2. The number of methoxy groups -OCH3 is 1. The molecule has 0 spiro atoms. The number of nitrogens with zero attached hydrogens (tertiary/aromatic N) is 1. The van der Waals surface area contributed by atoms with Gasteiger partial charge in [-0.05, 0) is 31.9 Å². The van der Waals surface area contributed by atoms with Crippen LogP contribution in [0.5, 0.6) is 0 Å². The number of ether oxygens (including phenoxy) is 1. The lowest BCUT2D eigenvalue weighted by Crippen LogP contribution is -2.45. The van der Waals surface area contributed by atoms with Crippen molar-refractivity contribution in [3.05, 3.63) is 22.8 Å². The van der Waals surface area contributed by atoms with E-state index in [1.807, 2.05) is 6.07 Å². The van der Waals surface area contributed by atoms with Crippen LogP contribution in [-0.2, 0) is 4.74 Å². The molecule has 0 fully saturated rings. The highest BCUT2D eigenvalue weighted by molar-refractivity contribution is 6.30. The molecule has 3 N–H and O–H groups in total. The van der Waals surface area contributed by atoms with E-state index in [0.29, 0.717) is 10.8 Å². The third-order valence-corrected chi connectivity index (χ3v) is 4.16. The van der Waals surface area contributed by atoms with Gasteiger partial charge in [0.2, 0.25) is 0 Å². The topological polar surface area (TPSA) is 60.2 Å². The molecule has 0 amide bonds. The Labute approximate surface area is 127 Å². The van der Waals surface area contributed by atoms with Crippen molar-refractivity contribution in [3.63, 3.8) is 0 Å². The van der Waals surface area contributed by atoms with Crippen LogP contribution in [0.2, 0.25) is 5.02 Å². The molecule has 20 heavy (non-hydrogen) atoms. The Hall–Kier alpha value is -0.840. The molecule has 0 radical (unpaired) electrons. The average molecular weight is 300 g/mol. The molecule has 4 nitrogen and oxygen atoms in total. The van der Waals surface area contributed by atoms with Gasteiger partial charge in [0, 0.05) is 18.9 Å². The summed E-state index contributed by atoms with van der Waals surface area (Å²) >= 11 is 6.09. The molecule has 1 aromatic rings. The molecule has 1 aromatic heterocycles. The molecule has 0 bridgehead atoms.